The summed E-state index contributed by atoms with van der Waals surface area (Å²) < 4.78 is 12.8. The quantitative estimate of drug-likeness (QED) is 0.776. The summed E-state index contributed by atoms with van der Waals surface area (Å²) in [6.07, 6.45) is 4.83. The summed E-state index contributed by atoms with van der Waals surface area (Å²) in [7, 11) is 0. The molecule has 1 aromatic rings. The molecule has 2 rings (SSSR count). The molecule has 0 aromatic carbocycles. The number of likely N-dealkylation sites (tertiary alicyclic amines) is 1. The third-order valence-electron chi connectivity index (χ3n) is 4.14. The molecule has 4 heteroatoms. The molecule has 2 unspecified atom stereocenters. The molecule has 1 saturated heterocycles. The van der Waals surface area contributed by atoms with Crippen molar-refractivity contribution in [1.29, 1.82) is 0 Å². The lowest BCUT2D eigenvalue weighted by Gasteiger charge is -2.33. The molecule has 0 aliphatic carbocycles. The molecule has 1 aromatic heterocycles. The Morgan fingerprint density at radius 2 is 2.35 bits per heavy atom. The molecule has 1 fully saturated rings. The van der Waals surface area contributed by atoms with Crippen LogP contribution in [-0.2, 0) is 0 Å². The fourth-order valence-electron chi connectivity index (χ4n) is 2.89. The Morgan fingerprint density at radius 1 is 1.55 bits per heavy atom. The SMILES string of the molecule is CCC1CCCN(CC(C)C(=O)c2ccc(F)cn2)C1. The van der Waals surface area contributed by atoms with Gasteiger partial charge < -0.3 is 4.90 Å². The number of carbonyl (C=O) groups excluding carboxylic acids is 1. The lowest BCUT2D eigenvalue weighted by atomic mass is 9.94. The Bertz CT molecular complexity index is 446. The zero-order chi connectivity index (χ0) is 14.5. The van der Waals surface area contributed by atoms with Gasteiger partial charge in [0.2, 0.25) is 0 Å². The van der Waals surface area contributed by atoms with E-state index in [9.17, 15) is 9.18 Å². The molecule has 0 spiro atoms. The number of piperidine rings is 1. The molecule has 0 saturated carbocycles. The molecular formula is C16H23FN2O. The van der Waals surface area contributed by atoms with Crippen molar-refractivity contribution in [3.63, 3.8) is 0 Å². The second-order valence-electron chi connectivity index (χ2n) is 5.80. The van der Waals surface area contributed by atoms with Gasteiger partial charge in [-0.25, -0.2) is 4.39 Å². The highest BCUT2D eigenvalue weighted by molar-refractivity contribution is 5.95. The van der Waals surface area contributed by atoms with Crippen molar-refractivity contribution in [2.45, 2.75) is 33.1 Å². The van der Waals surface area contributed by atoms with Gasteiger partial charge >= 0.3 is 0 Å². The average molecular weight is 278 g/mol. The topological polar surface area (TPSA) is 33.2 Å². The zero-order valence-corrected chi connectivity index (χ0v) is 12.3. The van der Waals surface area contributed by atoms with Crippen molar-refractivity contribution in [2.75, 3.05) is 19.6 Å². The highest BCUT2D eigenvalue weighted by Crippen LogP contribution is 2.20. The fourth-order valence-corrected chi connectivity index (χ4v) is 2.89. The number of pyridine rings is 1. The molecule has 0 amide bonds. The van der Waals surface area contributed by atoms with Gasteiger partial charge in [0.25, 0.3) is 0 Å². The second kappa shape index (κ2) is 6.93. The number of hydrogen-bond acceptors (Lipinski definition) is 3. The van der Waals surface area contributed by atoms with Crippen LogP contribution in [0.1, 0.15) is 43.6 Å². The summed E-state index contributed by atoms with van der Waals surface area (Å²) in [6, 6.07) is 2.76. The van der Waals surface area contributed by atoms with Crippen LogP contribution in [0.4, 0.5) is 4.39 Å². The van der Waals surface area contributed by atoms with E-state index in [4.69, 9.17) is 0 Å². The van der Waals surface area contributed by atoms with Gasteiger partial charge in [0.05, 0.1) is 6.20 Å². The van der Waals surface area contributed by atoms with Gasteiger partial charge in [-0.3, -0.25) is 9.78 Å². The lowest BCUT2D eigenvalue weighted by Crippen LogP contribution is -2.39. The standard InChI is InChI=1S/C16H23FN2O/c1-3-13-5-4-8-19(11-13)10-12(2)16(20)15-7-6-14(17)9-18-15/h6-7,9,12-13H,3-5,8,10-11H2,1-2H3. The lowest BCUT2D eigenvalue weighted by molar-refractivity contribution is 0.0855. The fraction of sp³-hybridized carbons (Fsp3) is 0.625. The Kier molecular flexibility index (Phi) is 5.24. The maximum atomic E-state index is 12.8. The van der Waals surface area contributed by atoms with E-state index in [1.54, 1.807) is 0 Å². The summed E-state index contributed by atoms with van der Waals surface area (Å²) >= 11 is 0. The van der Waals surface area contributed by atoms with E-state index in [1.165, 1.54) is 31.4 Å². The molecule has 1 aliphatic heterocycles. The molecule has 110 valence electrons. The minimum absolute atomic E-state index is 0.00335. The van der Waals surface area contributed by atoms with E-state index in [1.807, 2.05) is 6.92 Å². The van der Waals surface area contributed by atoms with Crippen molar-refractivity contribution >= 4 is 5.78 Å². The van der Waals surface area contributed by atoms with Crippen molar-refractivity contribution in [1.82, 2.24) is 9.88 Å². The van der Waals surface area contributed by atoms with Gasteiger partial charge in [-0.1, -0.05) is 20.3 Å². The molecular weight excluding hydrogens is 255 g/mol. The Balaban J connectivity index is 1.92. The van der Waals surface area contributed by atoms with Gasteiger partial charge in [0, 0.05) is 19.0 Å². The molecule has 3 nitrogen and oxygen atoms in total. The van der Waals surface area contributed by atoms with Crippen LogP contribution in [0.15, 0.2) is 18.3 Å². The normalized spacial score (nSPS) is 21.6. The number of ketones is 1. The highest BCUT2D eigenvalue weighted by atomic mass is 19.1. The first kappa shape index (κ1) is 15.1. The molecule has 0 bridgehead atoms. The molecule has 1 aliphatic rings. The Labute approximate surface area is 120 Å². The maximum Gasteiger partial charge on any atom is 0.185 e. The molecule has 0 radical (unpaired) electrons. The molecule has 2 atom stereocenters. The van der Waals surface area contributed by atoms with E-state index >= 15 is 0 Å². The van der Waals surface area contributed by atoms with Crippen molar-refractivity contribution in [3.05, 3.63) is 29.8 Å². The number of nitrogens with zero attached hydrogens (tertiary/aromatic N) is 2. The van der Waals surface area contributed by atoms with Crippen LogP contribution < -0.4 is 0 Å². The summed E-state index contributed by atoms with van der Waals surface area (Å²) in [5.41, 5.74) is 0.364. The first-order valence-electron chi connectivity index (χ1n) is 7.48. The summed E-state index contributed by atoms with van der Waals surface area (Å²) in [5.74, 6) is 0.262. The first-order chi connectivity index (χ1) is 9.60. The predicted molar refractivity (Wildman–Crippen MR) is 77.1 cm³/mol. The zero-order valence-electron chi connectivity index (χ0n) is 12.3. The van der Waals surface area contributed by atoms with Crippen LogP contribution in [0.25, 0.3) is 0 Å². The van der Waals surface area contributed by atoms with E-state index in [0.29, 0.717) is 5.69 Å². The number of aromatic nitrogens is 1. The van der Waals surface area contributed by atoms with Crippen LogP contribution in [0.3, 0.4) is 0 Å². The van der Waals surface area contributed by atoms with E-state index in [-0.39, 0.29) is 11.7 Å². The molecule has 20 heavy (non-hydrogen) atoms. The number of carbonyl (C=O) groups is 1. The minimum atomic E-state index is -0.406. The van der Waals surface area contributed by atoms with E-state index in [0.717, 1.165) is 31.7 Å². The van der Waals surface area contributed by atoms with Crippen LogP contribution in [-0.4, -0.2) is 35.3 Å². The van der Waals surface area contributed by atoms with Gasteiger partial charge in [0.15, 0.2) is 5.78 Å². The highest BCUT2D eigenvalue weighted by Gasteiger charge is 2.23. The van der Waals surface area contributed by atoms with Crippen LogP contribution in [0.5, 0.6) is 0 Å². The smallest absolute Gasteiger partial charge is 0.185 e. The Hall–Kier alpha value is -1.29. The van der Waals surface area contributed by atoms with Gasteiger partial charge in [-0.05, 0) is 37.4 Å². The number of halogens is 1. The molecule has 2 heterocycles. The predicted octanol–water partition coefficient (Wildman–Crippen LogP) is 3.16. The number of rotatable bonds is 5. The maximum absolute atomic E-state index is 12.8. The van der Waals surface area contributed by atoms with Gasteiger partial charge in [-0.2, -0.15) is 0 Å². The van der Waals surface area contributed by atoms with Gasteiger partial charge in [-0.15, -0.1) is 0 Å². The van der Waals surface area contributed by atoms with Crippen molar-refractivity contribution in [3.8, 4) is 0 Å². The third-order valence-corrected chi connectivity index (χ3v) is 4.14. The van der Waals surface area contributed by atoms with Crippen molar-refractivity contribution in [2.24, 2.45) is 11.8 Å². The Morgan fingerprint density at radius 3 is 3.00 bits per heavy atom. The van der Waals surface area contributed by atoms with Crippen LogP contribution >= 0.6 is 0 Å². The first-order valence-corrected chi connectivity index (χ1v) is 7.48. The van der Waals surface area contributed by atoms with Gasteiger partial charge in [0.1, 0.15) is 11.5 Å². The third kappa shape index (κ3) is 3.85. The second-order valence-corrected chi connectivity index (χ2v) is 5.80. The average Bonchev–Trinajstić information content (AvgIpc) is 2.47. The van der Waals surface area contributed by atoms with Crippen LogP contribution in [0.2, 0.25) is 0 Å². The molecule has 0 N–H and O–H groups in total. The minimum Gasteiger partial charge on any atom is -0.302 e. The monoisotopic (exact) mass is 278 g/mol. The summed E-state index contributed by atoms with van der Waals surface area (Å²) in [4.78, 5) is 18.5. The number of Topliss-reactive ketones (excluding diaryl/α,β-unsaturated/α-hetero) is 1. The largest absolute Gasteiger partial charge is 0.302 e. The number of hydrogen-bond donors (Lipinski definition) is 0. The van der Waals surface area contributed by atoms with E-state index in [2.05, 4.69) is 16.8 Å². The van der Waals surface area contributed by atoms with Crippen molar-refractivity contribution < 1.29 is 9.18 Å². The van der Waals surface area contributed by atoms with Crippen LogP contribution in [0, 0.1) is 17.7 Å². The summed E-state index contributed by atoms with van der Waals surface area (Å²) in [5, 5.41) is 0. The van der Waals surface area contributed by atoms with E-state index < -0.39 is 5.82 Å². The summed E-state index contributed by atoms with van der Waals surface area (Å²) in [6.45, 7) is 7.10.